The Labute approximate surface area is 695 Å². The number of aromatic nitrogens is 6. The Balaban J connectivity index is 0.000000210. The molecule has 0 atom stereocenters. The lowest BCUT2D eigenvalue weighted by atomic mass is 9.64. The molecule has 117 heavy (non-hydrogen) atoms. The van der Waals surface area contributed by atoms with E-state index in [4.69, 9.17) is 9.84 Å². The standard InChI is InChI=1S/3C18H15S.C12H21F2NO2.C10H20O.C7H6N4O.C6H6F2N2O.C3H4F2O2.B2/c3*1-4-10-16(11-5-1)19(17-12-6-2-7-13-17)18-14-8-3-9-15-18;1-10(2)6-8(7-11(3,4)15-10)17-9(16)12(5,13)14;1-9(2)5-8(11)6-10(3,4)7-9;12-7(10-3-1-8-5-10)11-4-2-9-6-11;1-6(7,8)5(11)10-3-2-9-4-10;1-3(4,5)2(6)7;1-2/h3*1-15H;8,15H,6-7H2,1-5H3;8,11H,5-7H2,1-4H3;1-6H;2-4H,1H3;1H3,(H,6,7);/q3*+1;;;;;;. The van der Waals surface area contributed by atoms with Crippen LogP contribution in [0.25, 0.3) is 0 Å². The lowest BCUT2D eigenvalue weighted by Crippen LogP contribution is -2.60. The predicted molar refractivity (Wildman–Crippen MR) is 457 cm³/mol. The summed E-state index contributed by atoms with van der Waals surface area (Å²) >= 11 is 0. The van der Waals surface area contributed by atoms with Crippen LogP contribution in [0.3, 0.4) is 0 Å². The van der Waals surface area contributed by atoms with Crippen LogP contribution < -0.4 is 5.32 Å². The molecule has 610 valence electrons. The molecule has 1 aliphatic heterocycles. The largest absolute Gasteiger partial charge is 0.477 e. The van der Waals surface area contributed by atoms with Gasteiger partial charge in [-0.3, -0.25) is 18.5 Å². The Kier molecular flexibility index (Phi) is 37.4. The van der Waals surface area contributed by atoms with Crippen molar-refractivity contribution >= 4 is 72.0 Å². The van der Waals surface area contributed by atoms with E-state index in [-0.39, 0.29) is 55.9 Å². The number of aliphatic carboxylic acids is 1. The zero-order valence-corrected chi connectivity index (χ0v) is 70.1. The first-order chi connectivity index (χ1) is 55.4. The lowest BCUT2D eigenvalue weighted by Gasteiger charge is -2.46. The van der Waals surface area contributed by atoms with Gasteiger partial charge in [-0.1, -0.05) is 191 Å². The van der Waals surface area contributed by atoms with E-state index in [1.807, 2.05) is 27.7 Å². The third kappa shape index (κ3) is 33.2. The van der Waals surface area contributed by atoms with Gasteiger partial charge >= 0.3 is 41.6 Å². The zero-order chi connectivity index (χ0) is 85.9. The first-order valence-corrected chi connectivity index (χ1v) is 41.2. The molecule has 4 heterocycles. The monoisotopic (exact) mass is 1650 g/mol. The summed E-state index contributed by atoms with van der Waals surface area (Å²) in [5, 5.41) is 20.5. The molecular formula is C92H102B2F6N7O7S3+3. The molecule has 9 aromatic carbocycles. The molecule has 2 fully saturated rings. The summed E-state index contributed by atoms with van der Waals surface area (Å²) in [5.74, 6) is -15.1. The number of carbonyl (C=O) groups excluding carboxylic acids is 3. The number of esters is 1. The topological polar surface area (TPSA) is 183 Å². The van der Waals surface area contributed by atoms with Crippen molar-refractivity contribution in [2.75, 3.05) is 0 Å². The number of hydrogen-bond acceptors (Lipinski definition) is 10. The number of carboxylic acid groups (broad SMARTS) is 1. The maximum atomic E-state index is 12.8. The molecule has 0 spiro atoms. The summed E-state index contributed by atoms with van der Waals surface area (Å²) < 4.78 is 81.0. The lowest BCUT2D eigenvalue weighted by molar-refractivity contribution is -0.178. The van der Waals surface area contributed by atoms with Gasteiger partial charge in [0.25, 0.3) is 0 Å². The molecule has 14 nitrogen and oxygen atoms in total. The highest BCUT2D eigenvalue weighted by atomic mass is 32.2. The Bertz CT molecular complexity index is 4150. The number of nitrogens with zero attached hydrogens (tertiary/aromatic N) is 6. The van der Waals surface area contributed by atoms with Crippen LogP contribution in [0.4, 0.5) is 31.1 Å². The molecule has 12 aromatic rings. The zero-order valence-electron chi connectivity index (χ0n) is 67.6. The summed E-state index contributed by atoms with van der Waals surface area (Å²) in [6.45, 7) is 18.3. The number of imidazole rings is 3. The molecule has 0 bridgehead atoms. The molecule has 3 N–H and O–H groups in total. The molecule has 1 aliphatic carbocycles. The van der Waals surface area contributed by atoms with E-state index in [1.165, 1.54) is 84.7 Å². The summed E-state index contributed by atoms with van der Waals surface area (Å²) in [5.41, 5.74) is 0.216. The number of alkyl halides is 6. The second-order valence-corrected chi connectivity index (χ2v) is 36.2. The Morgan fingerprint density at radius 1 is 0.393 bits per heavy atom. The molecule has 0 amide bonds. The first kappa shape index (κ1) is 95.4. The van der Waals surface area contributed by atoms with Crippen molar-refractivity contribution in [3.8, 4) is 0 Å². The molecule has 0 unspecified atom stereocenters. The average molecular weight is 1650 g/mol. The van der Waals surface area contributed by atoms with Gasteiger partial charge in [0, 0.05) is 97.3 Å². The van der Waals surface area contributed by atoms with Crippen molar-refractivity contribution in [2.45, 2.75) is 193 Å². The van der Waals surface area contributed by atoms with E-state index >= 15 is 0 Å². The third-order valence-electron chi connectivity index (χ3n) is 17.1. The molecule has 1 saturated carbocycles. The molecule has 1 saturated heterocycles. The van der Waals surface area contributed by atoms with Crippen LogP contribution in [-0.4, -0.2) is 119 Å². The van der Waals surface area contributed by atoms with Gasteiger partial charge in [0.2, 0.25) is 0 Å². The van der Waals surface area contributed by atoms with E-state index in [1.54, 1.807) is 24.8 Å². The second-order valence-electron chi connectivity index (χ2n) is 30.1. The summed E-state index contributed by atoms with van der Waals surface area (Å²) in [6, 6.07) is 96.3. The van der Waals surface area contributed by atoms with Crippen LogP contribution in [0.2, 0.25) is 0 Å². The van der Waals surface area contributed by atoms with Gasteiger partial charge in [-0.2, -0.15) is 26.3 Å². The van der Waals surface area contributed by atoms with Crippen molar-refractivity contribution in [1.29, 1.82) is 0 Å². The number of ether oxygens (including phenoxy) is 1. The molecule has 14 rings (SSSR count). The average Bonchev–Trinajstić information content (AvgIpc) is 1.58. The SMILES string of the molecule is CC(F)(F)C(=O)O.CC(F)(F)C(=O)n1ccnc1.CC1(C)CC(O)CC(C)(C)C1.CC1(C)CC(OC(=O)C(C)(F)F)CC(C)(C)N1.O=C(n1ccnc1)n1ccnc1.[B][B].c1ccc([S+](c2ccccc2)c2ccccc2)cc1.c1ccc([S+](c2ccccc2)c2ccccc2)cc1.c1ccc([S+](c2ccccc2)c2ccccc2)cc1. The van der Waals surface area contributed by atoms with E-state index in [9.17, 15) is 50.6 Å². The number of carboxylic acids is 1. The van der Waals surface area contributed by atoms with E-state index in [2.05, 4.69) is 336 Å². The van der Waals surface area contributed by atoms with Crippen LogP contribution in [0.1, 0.15) is 113 Å². The van der Waals surface area contributed by atoms with E-state index < -0.39 is 41.7 Å². The van der Waals surface area contributed by atoms with Gasteiger partial charge in [-0.15, -0.1) is 0 Å². The fourth-order valence-corrected chi connectivity index (χ4v) is 19.4. The van der Waals surface area contributed by atoms with Gasteiger partial charge in [0.15, 0.2) is 44.1 Å². The van der Waals surface area contributed by atoms with Crippen molar-refractivity contribution in [3.63, 3.8) is 0 Å². The quantitative estimate of drug-likeness (QED) is 0.0432. The number of benzene rings is 9. The number of piperidine rings is 1. The van der Waals surface area contributed by atoms with Crippen LogP contribution in [0.15, 0.2) is 373 Å². The van der Waals surface area contributed by atoms with Crippen molar-refractivity contribution < 1.29 is 60.5 Å². The minimum Gasteiger partial charge on any atom is -0.477 e. The summed E-state index contributed by atoms with van der Waals surface area (Å²) in [6.07, 6.45) is 16.4. The minimum atomic E-state index is -3.58. The highest BCUT2D eigenvalue weighted by Gasteiger charge is 2.44. The van der Waals surface area contributed by atoms with Crippen molar-refractivity contribution in [2.24, 2.45) is 10.8 Å². The Morgan fingerprint density at radius 3 is 0.795 bits per heavy atom. The number of halogens is 6. The van der Waals surface area contributed by atoms with Crippen LogP contribution in [0, 0.1) is 10.8 Å². The molecule has 25 heteroatoms. The molecule has 4 radical (unpaired) electrons. The second kappa shape index (κ2) is 45.9. The van der Waals surface area contributed by atoms with Crippen LogP contribution in [0.5, 0.6) is 0 Å². The summed E-state index contributed by atoms with van der Waals surface area (Å²) in [4.78, 5) is 65.8. The Morgan fingerprint density at radius 2 is 0.615 bits per heavy atom. The van der Waals surface area contributed by atoms with Gasteiger partial charge in [0.1, 0.15) is 25.1 Å². The van der Waals surface area contributed by atoms with Gasteiger partial charge < -0.3 is 20.3 Å². The van der Waals surface area contributed by atoms with E-state index in [0.29, 0.717) is 44.4 Å². The number of rotatable bonds is 13. The summed E-state index contributed by atoms with van der Waals surface area (Å²) in [7, 11) is 7.96. The molecule has 3 aromatic heterocycles. The number of hydrogen-bond donors (Lipinski definition) is 3. The van der Waals surface area contributed by atoms with Crippen LogP contribution in [-0.2, 0) is 47.0 Å². The number of aliphatic hydroxyl groups excluding tert-OH is 1. The van der Waals surface area contributed by atoms with Gasteiger partial charge in [-0.05, 0) is 167 Å². The van der Waals surface area contributed by atoms with Gasteiger partial charge in [-0.25, -0.2) is 29.3 Å². The van der Waals surface area contributed by atoms with Gasteiger partial charge in [0.05, 0.1) is 38.8 Å². The third-order valence-corrected chi connectivity index (χ3v) is 23.8. The van der Waals surface area contributed by atoms with Crippen molar-refractivity contribution in [1.82, 2.24) is 34.0 Å². The van der Waals surface area contributed by atoms with E-state index in [0.717, 1.165) is 23.7 Å². The molecular weight excluding hydrogens is 1550 g/mol. The smallest absolute Gasteiger partial charge is 0.376 e. The van der Waals surface area contributed by atoms with Crippen LogP contribution >= 0.6 is 0 Å². The highest BCUT2D eigenvalue weighted by Crippen LogP contribution is 2.46. The number of nitrogens with one attached hydrogen (secondary N) is 1. The maximum Gasteiger partial charge on any atom is 0.376 e. The maximum absolute atomic E-state index is 12.8. The van der Waals surface area contributed by atoms with Crippen molar-refractivity contribution in [3.05, 3.63) is 329 Å². The first-order valence-electron chi connectivity index (χ1n) is 37.5. The number of carbonyl (C=O) groups is 4. The fourth-order valence-electron chi connectivity index (χ4n) is 13.1. The Hall–Kier alpha value is -10.4. The predicted octanol–water partition coefficient (Wildman–Crippen LogP) is 21.2. The highest BCUT2D eigenvalue weighted by molar-refractivity contribution is 7.97. The normalized spacial score (nSPS) is 14.4. The number of aliphatic hydroxyl groups is 1. The minimum absolute atomic E-state index is 0.0146. The molecule has 2 aliphatic rings. The fraction of sp³-hybridized carbons (Fsp3) is 0.272.